The van der Waals surface area contributed by atoms with Gasteiger partial charge < -0.3 is 15.6 Å². The molecule has 3 aromatic rings. The van der Waals surface area contributed by atoms with Gasteiger partial charge in [0.05, 0.1) is 11.0 Å². The number of nitrogens with two attached hydrogens (primary N) is 1. The van der Waals surface area contributed by atoms with Crippen molar-refractivity contribution < 1.29 is 4.79 Å². The molecule has 0 spiro atoms. The Kier molecular flexibility index (Phi) is 4.91. The fraction of sp³-hybridized carbons (Fsp3) is 0.263. The van der Waals surface area contributed by atoms with Crippen molar-refractivity contribution in [3.8, 4) is 0 Å². The van der Waals surface area contributed by atoms with Gasteiger partial charge in [-0.25, -0.2) is 4.98 Å². The maximum Gasteiger partial charge on any atom is 0.251 e. The molecule has 0 saturated heterocycles. The van der Waals surface area contributed by atoms with Crippen LogP contribution in [0.2, 0.25) is 0 Å². The minimum absolute atomic E-state index is 0.0522. The summed E-state index contributed by atoms with van der Waals surface area (Å²) in [6.07, 6.45) is 1.68. The second kappa shape index (κ2) is 7.27. The summed E-state index contributed by atoms with van der Waals surface area (Å²) in [5.41, 5.74) is 9.39. The van der Waals surface area contributed by atoms with Crippen LogP contribution in [0.1, 0.15) is 28.2 Å². The topological polar surface area (TPSA) is 72.9 Å². The first-order valence-electron chi connectivity index (χ1n) is 8.16. The Labute approximate surface area is 141 Å². The van der Waals surface area contributed by atoms with Crippen LogP contribution in [0.3, 0.4) is 0 Å². The zero-order valence-electron chi connectivity index (χ0n) is 13.8. The van der Waals surface area contributed by atoms with E-state index in [1.807, 2.05) is 49.5 Å². The van der Waals surface area contributed by atoms with E-state index in [0.717, 1.165) is 35.3 Å². The fourth-order valence-electron chi connectivity index (χ4n) is 2.76. The number of fused-ring (bicyclic) bond motifs is 1. The zero-order valence-corrected chi connectivity index (χ0v) is 13.8. The molecule has 3 N–H and O–H groups in total. The summed E-state index contributed by atoms with van der Waals surface area (Å²) in [5.74, 6) is 0.987. The molecule has 5 nitrogen and oxygen atoms in total. The molecule has 0 saturated carbocycles. The zero-order chi connectivity index (χ0) is 16.9. The van der Waals surface area contributed by atoms with Gasteiger partial charge >= 0.3 is 0 Å². The third kappa shape index (κ3) is 3.46. The average Bonchev–Trinajstić information content (AvgIpc) is 2.95. The number of hydrogen-bond acceptors (Lipinski definition) is 3. The average molecular weight is 322 g/mol. The molecular weight excluding hydrogens is 300 g/mol. The lowest BCUT2D eigenvalue weighted by Gasteiger charge is -2.06. The summed E-state index contributed by atoms with van der Waals surface area (Å²) in [4.78, 5) is 16.7. The van der Waals surface area contributed by atoms with Crippen LogP contribution in [-0.2, 0) is 20.0 Å². The van der Waals surface area contributed by atoms with Gasteiger partial charge in [0, 0.05) is 32.1 Å². The number of imidazole rings is 1. The minimum atomic E-state index is -0.0522. The Morgan fingerprint density at radius 3 is 2.62 bits per heavy atom. The van der Waals surface area contributed by atoms with Gasteiger partial charge in [0.2, 0.25) is 0 Å². The molecule has 3 rings (SSSR count). The number of nitrogens with zero attached hydrogens (tertiary/aromatic N) is 2. The van der Waals surface area contributed by atoms with Crippen molar-refractivity contribution in [2.45, 2.75) is 19.4 Å². The molecule has 0 atom stereocenters. The van der Waals surface area contributed by atoms with Gasteiger partial charge in [-0.1, -0.05) is 24.3 Å². The maximum atomic E-state index is 12.1. The maximum absolute atomic E-state index is 12.1. The number of amides is 1. The van der Waals surface area contributed by atoms with Crippen LogP contribution in [0, 0.1) is 0 Å². The van der Waals surface area contributed by atoms with Gasteiger partial charge in [0.1, 0.15) is 5.82 Å². The van der Waals surface area contributed by atoms with E-state index in [2.05, 4.69) is 20.9 Å². The van der Waals surface area contributed by atoms with Crippen LogP contribution in [-0.4, -0.2) is 22.0 Å². The van der Waals surface area contributed by atoms with E-state index in [9.17, 15) is 4.79 Å². The monoisotopic (exact) mass is 322 g/mol. The largest absolute Gasteiger partial charge is 0.352 e. The van der Waals surface area contributed by atoms with Crippen LogP contribution in [0.5, 0.6) is 0 Å². The third-order valence-electron chi connectivity index (χ3n) is 4.19. The molecule has 0 unspecified atom stereocenters. The highest BCUT2D eigenvalue weighted by molar-refractivity contribution is 5.94. The first-order valence-corrected chi connectivity index (χ1v) is 8.16. The Balaban J connectivity index is 1.52. The van der Waals surface area contributed by atoms with E-state index < -0.39 is 0 Å². The number of aryl methyl sites for hydroxylation is 2. The molecule has 24 heavy (non-hydrogen) atoms. The summed E-state index contributed by atoms with van der Waals surface area (Å²) in [6, 6.07) is 15.5. The van der Waals surface area contributed by atoms with Gasteiger partial charge in [-0.15, -0.1) is 0 Å². The molecule has 5 heteroatoms. The molecule has 0 aliphatic rings. The Morgan fingerprint density at radius 2 is 1.92 bits per heavy atom. The quantitative estimate of drug-likeness (QED) is 0.684. The number of carbonyl (C=O) groups excluding carboxylic acids is 1. The summed E-state index contributed by atoms with van der Waals surface area (Å²) in [6.45, 7) is 1.11. The van der Waals surface area contributed by atoms with Crippen molar-refractivity contribution in [1.82, 2.24) is 14.9 Å². The number of rotatable bonds is 6. The van der Waals surface area contributed by atoms with Gasteiger partial charge in [-0.2, -0.15) is 0 Å². The SMILES string of the molecule is Cn1c(CCCNC(=O)c2ccc(CN)cc2)nc2ccccc21. The Morgan fingerprint density at radius 1 is 1.17 bits per heavy atom. The number of carbonyl (C=O) groups is 1. The summed E-state index contributed by atoms with van der Waals surface area (Å²) < 4.78 is 2.11. The summed E-state index contributed by atoms with van der Waals surface area (Å²) in [5, 5.41) is 2.95. The third-order valence-corrected chi connectivity index (χ3v) is 4.19. The first-order chi connectivity index (χ1) is 11.7. The van der Waals surface area contributed by atoms with E-state index >= 15 is 0 Å². The lowest BCUT2D eigenvalue weighted by atomic mass is 10.1. The predicted octanol–water partition coefficient (Wildman–Crippen LogP) is 2.39. The second-order valence-electron chi connectivity index (χ2n) is 5.84. The van der Waals surface area contributed by atoms with Crippen LogP contribution in [0.15, 0.2) is 48.5 Å². The molecule has 1 amide bonds. The van der Waals surface area contributed by atoms with Gasteiger partial charge in [0.15, 0.2) is 0 Å². The summed E-state index contributed by atoms with van der Waals surface area (Å²) in [7, 11) is 2.03. The Hall–Kier alpha value is -2.66. The van der Waals surface area contributed by atoms with Gasteiger partial charge in [-0.3, -0.25) is 4.79 Å². The molecule has 0 fully saturated rings. The lowest BCUT2D eigenvalue weighted by molar-refractivity contribution is 0.0953. The first kappa shape index (κ1) is 16.2. The van der Waals surface area contributed by atoms with Crippen molar-refractivity contribution >= 4 is 16.9 Å². The highest BCUT2D eigenvalue weighted by Gasteiger charge is 2.08. The molecule has 0 aliphatic heterocycles. The molecule has 1 aromatic heterocycles. The molecule has 2 aromatic carbocycles. The molecule has 1 heterocycles. The number of hydrogen-bond donors (Lipinski definition) is 2. The van der Waals surface area contributed by atoms with Crippen molar-refractivity contribution in [3.63, 3.8) is 0 Å². The number of para-hydroxylation sites is 2. The van der Waals surface area contributed by atoms with E-state index in [0.29, 0.717) is 18.7 Å². The summed E-state index contributed by atoms with van der Waals surface area (Å²) >= 11 is 0. The van der Waals surface area contributed by atoms with E-state index in [1.54, 1.807) is 0 Å². The molecule has 124 valence electrons. The highest BCUT2D eigenvalue weighted by Crippen LogP contribution is 2.15. The smallest absolute Gasteiger partial charge is 0.251 e. The number of nitrogens with one attached hydrogen (secondary N) is 1. The van der Waals surface area contributed by atoms with Gasteiger partial charge in [0.25, 0.3) is 5.91 Å². The normalized spacial score (nSPS) is 10.9. The van der Waals surface area contributed by atoms with E-state index in [4.69, 9.17) is 5.73 Å². The van der Waals surface area contributed by atoms with Crippen LogP contribution in [0.25, 0.3) is 11.0 Å². The lowest BCUT2D eigenvalue weighted by Crippen LogP contribution is -2.25. The molecular formula is C19H22N4O. The van der Waals surface area contributed by atoms with Crippen molar-refractivity contribution in [2.75, 3.05) is 6.54 Å². The number of aromatic nitrogens is 2. The predicted molar refractivity (Wildman–Crippen MR) is 95.7 cm³/mol. The number of benzene rings is 2. The van der Waals surface area contributed by atoms with Crippen LogP contribution in [0.4, 0.5) is 0 Å². The molecule has 0 bridgehead atoms. The molecule has 0 radical (unpaired) electrons. The highest BCUT2D eigenvalue weighted by atomic mass is 16.1. The van der Waals surface area contributed by atoms with Crippen molar-refractivity contribution in [2.24, 2.45) is 12.8 Å². The second-order valence-corrected chi connectivity index (χ2v) is 5.84. The Bertz CT molecular complexity index is 836. The van der Waals surface area contributed by atoms with Crippen LogP contribution < -0.4 is 11.1 Å². The van der Waals surface area contributed by atoms with Gasteiger partial charge in [-0.05, 0) is 36.2 Å². The molecule has 0 aliphatic carbocycles. The van der Waals surface area contributed by atoms with E-state index in [1.165, 1.54) is 0 Å². The van der Waals surface area contributed by atoms with Crippen molar-refractivity contribution in [1.29, 1.82) is 0 Å². The fourth-order valence-corrected chi connectivity index (χ4v) is 2.76. The van der Waals surface area contributed by atoms with Crippen LogP contribution >= 0.6 is 0 Å². The van der Waals surface area contributed by atoms with E-state index in [-0.39, 0.29) is 5.91 Å². The van der Waals surface area contributed by atoms with Crippen molar-refractivity contribution in [3.05, 3.63) is 65.5 Å². The minimum Gasteiger partial charge on any atom is -0.352 e. The standard InChI is InChI=1S/C19H22N4O/c1-23-17-6-3-2-5-16(17)22-18(23)7-4-12-21-19(24)15-10-8-14(13-20)9-11-15/h2-3,5-6,8-11H,4,7,12-13,20H2,1H3,(H,21,24).